The molecular formula is C12H11BrFN3O3S. The Balaban J connectivity index is 2.46. The smallest absolute Gasteiger partial charge is 0.313 e. The largest absolute Gasteiger partial charge is 0.481 e. The predicted molar refractivity (Wildman–Crippen MR) is 79.6 cm³/mol. The highest BCUT2D eigenvalue weighted by atomic mass is 79.9. The fraction of sp³-hybridized carbons (Fsp3) is 0.250. The Labute approximate surface area is 131 Å². The number of carboxylic acids is 1. The normalized spacial score (nSPS) is 11.0. The number of imidazole rings is 1. The Kier molecular flexibility index (Phi) is 4.84. The molecule has 9 heteroatoms. The number of nitrogens with zero attached hydrogens (tertiary/aromatic N) is 2. The number of aromatic nitrogens is 2. The second-order valence-electron chi connectivity index (χ2n) is 4.20. The SMILES string of the molecule is NC(=O)CCn1c(SCC(=O)O)nc2cc(Br)c(F)cc21. The van der Waals surface area contributed by atoms with Gasteiger partial charge in [0.15, 0.2) is 5.16 Å². The Morgan fingerprint density at radius 2 is 2.19 bits per heavy atom. The number of hydrogen-bond donors (Lipinski definition) is 2. The van der Waals surface area contributed by atoms with Crippen molar-refractivity contribution in [2.75, 3.05) is 5.75 Å². The van der Waals surface area contributed by atoms with Crippen LogP contribution in [0.3, 0.4) is 0 Å². The van der Waals surface area contributed by atoms with E-state index in [1.54, 1.807) is 4.57 Å². The summed E-state index contributed by atoms with van der Waals surface area (Å²) in [6, 6.07) is 2.80. The monoisotopic (exact) mass is 375 g/mol. The lowest BCUT2D eigenvalue weighted by Crippen LogP contribution is -2.14. The minimum Gasteiger partial charge on any atom is -0.481 e. The van der Waals surface area contributed by atoms with Gasteiger partial charge in [0.05, 0.1) is 21.3 Å². The number of carbonyl (C=O) groups excluding carboxylic acids is 1. The average molecular weight is 376 g/mol. The second kappa shape index (κ2) is 6.44. The van der Waals surface area contributed by atoms with E-state index in [0.29, 0.717) is 16.2 Å². The van der Waals surface area contributed by atoms with E-state index in [2.05, 4.69) is 20.9 Å². The van der Waals surface area contributed by atoms with Crippen LogP contribution >= 0.6 is 27.7 Å². The van der Waals surface area contributed by atoms with Crippen molar-refractivity contribution in [1.82, 2.24) is 9.55 Å². The van der Waals surface area contributed by atoms with Crippen molar-refractivity contribution >= 4 is 50.6 Å². The first-order valence-corrected chi connectivity index (χ1v) is 7.64. The predicted octanol–water partition coefficient (Wildman–Crippen LogP) is 1.99. The van der Waals surface area contributed by atoms with Crippen molar-refractivity contribution in [3.8, 4) is 0 Å². The first kappa shape index (κ1) is 15.8. The highest BCUT2D eigenvalue weighted by molar-refractivity contribution is 9.10. The van der Waals surface area contributed by atoms with Gasteiger partial charge >= 0.3 is 5.97 Å². The van der Waals surface area contributed by atoms with Gasteiger partial charge in [0.1, 0.15) is 5.82 Å². The molecular weight excluding hydrogens is 365 g/mol. The van der Waals surface area contributed by atoms with Crippen LogP contribution in [0.2, 0.25) is 0 Å². The van der Waals surface area contributed by atoms with Crippen LogP contribution in [0.5, 0.6) is 0 Å². The summed E-state index contributed by atoms with van der Waals surface area (Å²) in [7, 11) is 0. The molecule has 1 amide bonds. The number of carbonyl (C=O) groups is 2. The second-order valence-corrected chi connectivity index (χ2v) is 6.00. The third-order valence-electron chi connectivity index (χ3n) is 2.66. The van der Waals surface area contributed by atoms with Crippen LogP contribution in [-0.4, -0.2) is 32.3 Å². The fourth-order valence-electron chi connectivity index (χ4n) is 1.77. The minimum absolute atomic E-state index is 0.0593. The topological polar surface area (TPSA) is 98.2 Å². The number of rotatable bonds is 6. The van der Waals surface area contributed by atoms with Crippen molar-refractivity contribution in [3.05, 3.63) is 22.4 Å². The number of halogens is 2. The van der Waals surface area contributed by atoms with E-state index in [0.717, 1.165) is 11.8 Å². The van der Waals surface area contributed by atoms with Crippen molar-refractivity contribution in [2.45, 2.75) is 18.1 Å². The number of nitrogens with two attached hydrogens (primary N) is 1. The van der Waals surface area contributed by atoms with Gasteiger partial charge in [-0.1, -0.05) is 11.8 Å². The van der Waals surface area contributed by atoms with Crippen LogP contribution in [0.25, 0.3) is 11.0 Å². The van der Waals surface area contributed by atoms with Crippen molar-refractivity contribution in [1.29, 1.82) is 0 Å². The van der Waals surface area contributed by atoms with E-state index in [-0.39, 0.29) is 23.2 Å². The van der Waals surface area contributed by atoms with Crippen molar-refractivity contribution in [3.63, 3.8) is 0 Å². The molecule has 21 heavy (non-hydrogen) atoms. The lowest BCUT2D eigenvalue weighted by molar-refractivity contribution is -0.134. The summed E-state index contributed by atoms with van der Waals surface area (Å²) >= 11 is 4.08. The maximum Gasteiger partial charge on any atom is 0.313 e. The third-order valence-corrected chi connectivity index (χ3v) is 4.23. The molecule has 2 rings (SSSR count). The van der Waals surface area contributed by atoms with Gasteiger partial charge in [-0.2, -0.15) is 0 Å². The first-order chi connectivity index (χ1) is 9.88. The van der Waals surface area contributed by atoms with Gasteiger partial charge in [-0.15, -0.1) is 0 Å². The molecule has 0 saturated heterocycles. The molecule has 0 radical (unpaired) electrons. The average Bonchev–Trinajstić information content (AvgIpc) is 2.71. The van der Waals surface area contributed by atoms with Gasteiger partial charge in [0, 0.05) is 19.0 Å². The van der Waals surface area contributed by atoms with Crippen molar-refractivity contribution in [2.24, 2.45) is 5.73 Å². The minimum atomic E-state index is -0.985. The molecule has 0 fully saturated rings. The Morgan fingerprint density at radius 3 is 2.81 bits per heavy atom. The van der Waals surface area contributed by atoms with Gasteiger partial charge in [-0.3, -0.25) is 9.59 Å². The number of carboxylic acid groups (broad SMARTS) is 1. The Hall–Kier alpha value is -1.61. The summed E-state index contributed by atoms with van der Waals surface area (Å²) in [6.45, 7) is 0.217. The quantitative estimate of drug-likeness (QED) is 0.752. The highest BCUT2D eigenvalue weighted by Crippen LogP contribution is 2.28. The first-order valence-electron chi connectivity index (χ1n) is 5.86. The Morgan fingerprint density at radius 1 is 1.48 bits per heavy atom. The van der Waals surface area contributed by atoms with Gasteiger partial charge in [0.2, 0.25) is 5.91 Å². The third kappa shape index (κ3) is 3.73. The van der Waals surface area contributed by atoms with Gasteiger partial charge in [0.25, 0.3) is 0 Å². The zero-order chi connectivity index (χ0) is 15.6. The number of benzene rings is 1. The molecule has 1 aromatic heterocycles. The summed E-state index contributed by atoms with van der Waals surface area (Å²) in [5.41, 5.74) is 6.13. The molecule has 2 aromatic rings. The van der Waals surface area contributed by atoms with Crippen LogP contribution in [0.15, 0.2) is 21.8 Å². The van der Waals surface area contributed by atoms with Crippen LogP contribution in [0, 0.1) is 5.82 Å². The molecule has 0 aliphatic rings. The molecule has 0 aliphatic carbocycles. The summed E-state index contributed by atoms with van der Waals surface area (Å²) in [4.78, 5) is 25.9. The summed E-state index contributed by atoms with van der Waals surface area (Å²) in [6.07, 6.45) is 0.0593. The van der Waals surface area contributed by atoms with Gasteiger partial charge in [-0.05, 0) is 22.0 Å². The van der Waals surface area contributed by atoms with Gasteiger partial charge < -0.3 is 15.4 Å². The van der Waals surface area contributed by atoms with E-state index in [4.69, 9.17) is 10.8 Å². The van der Waals surface area contributed by atoms with E-state index < -0.39 is 17.7 Å². The molecule has 0 aliphatic heterocycles. The summed E-state index contributed by atoms with van der Waals surface area (Å²) < 4.78 is 15.5. The number of fused-ring (bicyclic) bond motifs is 1. The van der Waals surface area contributed by atoms with Gasteiger partial charge in [-0.25, -0.2) is 9.37 Å². The van der Waals surface area contributed by atoms with Crippen molar-refractivity contribution < 1.29 is 19.1 Å². The fourth-order valence-corrected chi connectivity index (χ4v) is 2.86. The zero-order valence-corrected chi connectivity index (χ0v) is 13.1. The molecule has 3 N–H and O–H groups in total. The number of amides is 1. The van der Waals surface area contributed by atoms with Crippen LogP contribution < -0.4 is 5.73 Å². The molecule has 112 valence electrons. The molecule has 0 saturated carbocycles. The highest BCUT2D eigenvalue weighted by Gasteiger charge is 2.15. The number of aryl methyl sites for hydroxylation is 1. The van der Waals surface area contributed by atoms with Crippen LogP contribution in [-0.2, 0) is 16.1 Å². The molecule has 0 bridgehead atoms. The lowest BCUT2D eigenvalue weighted by atomic mass is 10.3. The van der Waals surface area contributed by atoms with Crippen LogP contribution in [0.4, 0.5) is 4.39 Å². The zero-order valence-electron chi connectivity index (χ0n) is 10.7. The summed E-state index contributed by atoms with van der Waals surface area (Å²) in [5.74, 6) is -2.12. The van der Waals surface area contributed by atoms with Crippen LogP contribution in [0.1, 0.15) is 6.42 Å². The molecule has 1 heterocycles. The Bertz CT molecular complexity index is 719. The van der Waals surface area contributed by atoms with E-state index in [9.17, 15) is 14.0 Å². The number of primary amides is 1. The summed E-state index contributed by atoms with van der Waals surface area (Å²) in [5, 5.41) is 9.16. The molecule has 0 atom stereocenters. The number of hydrogen-bond acceptors (Lipinski definition) is 4. The number of aliphatic carboxylic acids is 1. The lowest BCUT2D eigenvalue weighted by Gasteiger charge is -2.07. The molecule has 6 nitrogen and oxygen atoms in total. The maximum atomic E-state index is 13.7. The molecule has 1 aromatic carbocycles. The molecule has 0 spiro atoms. The maximum absolute atomic E-state index is 13.7. The number of thioether (sulfide) groups is 1. The standard InChI is InChI=1S/C12H11BrFN3O3S/c13-6-3-8-9(4-7(6)14)17(2-1-10(15)18)12(16-8)21-5-11(19)20/h3-4H,1-2,5H2,(H2,15,18)(H,19,20). The van der Waals surface area contributed by atoms with E-state index in [1.807, 2.05) is 0 Å². The van der Waals surface area contributed by atoms with E-state index in [1.165, 1.54) is 12.1 Å². The van der Waals surface area contributed by atoms with E-state index >= 15 is 0 Å². The molecule has 0 unspecified atom stereocenters.